The van der Waals surface area contributed by atoms with Gasteiger partial charge in [0.1, 0.15) is 5.52 Å². The van der Waals surface area contributed by atoms with Gasteiger partial charge in [-0.15, -0.1) is 11.8 Å². The Labute approximate surface area is 133 Å². The SMILES string of the molecule is Cc1ccc(SCC(=O)Oc2cccc3cccnc23)cc1. The predicted molar refractivity (Wildman–Crippen MR) is 89.3 cm³/mol. The Bertz CT molecular complexity index is 794. The van der Waals surface area contributed by atoms with Crippen molar-refractivity contribution in [1.29, 1.82) is 0 Å². The molecule has 2 aromatic carbocycles. The standard InChI is InChI=1S/C18H15NO2S/c1-13-7-9-15(10-8-13)22-12-17(20)21-16-6-2-4-14-5-3-11-19-18(14)16/h2-11H,12H2,1H3. The van der Waals surface area contributed by atoms with Crippen LogP contribution in [0, 0.1) is 6.92 Å². The second-order valence-corrected chi connectivity index (χ2v) is 5.96. The van der Waals surface area contributed by atoms with Gasteiger partial charge >= 0.3 is 5.97 Å². The fraction of sp³-hybridized carbons (Fsp3) is 0.111. The summed E-state index contributed by atoms with van der Waals surface area (Å²) in [5.41, 5.74) is 1.91. The lowest BCUT2D eigenvalue weighted by Gasteiger charge is -2.07. The summed E-state index contributed by atoms with van der Waals surface area (Å²) in [6.45, 7) is 2.04. The fourth-order valence-corrected chi connectivity index (χ4v) is 2.76. The number of thioether (sulfide) groups is 1. The third kappa shape index (κ3) is 3.46. The van der Waals surface area contributed by atoms with E-state index in [4.69, 9.17) is 4.74 Å². The van der Waals surface area contributed by atoms with Crippen molar-refractivity contribution < 1.29 is 9.53 Å². The molecule has 22 heavy (non-hydrogen) atoms. The number of fused-ring (bicyclic) bond motifs is 1. The van der Waals surface area contributed by atoms with E-state index in [1.807, 2.05) is 55.5 Å². The summed E-state index contributed by atoms with van der Waals surface area (Å²) in [5.74, 6) is 0.503. The largest absolute Gasteiger partial charge is 0.424 e. The summed E-state index contributed by atoms with van der Waals surface area (Å²) < 4.78 is 5.45. The topological polar surface area (TPSA) is 39.2 Å². The summed E-state index contributed by atoms with van der Waals surface area (Å²) in [7, 11) is 0. The van der Waals surface area contributed by atoms with E-state index in [1.165, 1.54) is 17.3 Å². The van der Waals surface area contributed by atoms with Crippen LogP contribution in [-0.2, 0) is 4.79 Å². The molecule has 0 atom stereocenters. The zero-order chi connectivity index (χ0) is 15.4. The van der Waals surface area contributed by atoms with Gasteiger partial charge in [0.05, 0.1) is 5.75 Å². The second kappa shape index (κ2) is 6.62. The third-order valence-electron chi connectivity index (χ3n) is 3.20. The lowest BCUT2D eigenvalue weighted by atomic mass is 10.2. The minimum absolute atomic E-state index is 0.270. The van der Waals surface area contributed by atoms with E-state index in [-0.39, 0.29) is 11.7 Å². The highest BCUT2D eigenvalue weighted by Crippen LogP contribution is 2.24. The van der Waals surface area contributed by atoms with Crippen LogP contribution >= 0.6 is 11.8 Å². The minimum atomic E-state index is -0.274. The fourth-order valence-electron chi connectivity index (χ4n) is 2.09. The van der Waals surface area contributed by atoms with Crippen molar-refractivity contribution >= 4 is 28.6 Å². The number of esters is 1. The Morgan fingerprint density at radius 2 is 1.86 bits per heavy atom. The molecule has 0 aliphatic carbocycles. The Kier molecular flexibility index (Phi) is 4.39. The predicted octanol–water partition coefficient (Wildman–Crippen LogP) is 4.24. The van der Waals surface area contributed by atoms with Crippen LogP contribution in [0.2, 0.25) is 0 Å². The lowest BCUT2D eigenvalue weighted by Crippen LogP contribution is -2.11. The molecule has 0 saturated carbocycles. The van der Waals surface area contributed by atoms with Crippen molar-refractivity contribution in [3.63, 3.8) is 0 Å². The van der Waals surface area contributed by atoms with Crippen LogP contribution in [0.5, 0.6) is 5.75 Å². The first-order valence-electron chi connectivity index (χ1n) is 6.96. The van der Waals surface area contributed by atoms with Crippen LogP contribution in [0.4, 0.5) is 0 Å². The number of hydrogen-bond donors (Lipinski definition) is 0. The Morgan fingerprint density at radius 3 is 2.68 bits per heavy atom. The van der Waals surface area contributed by atoms with Crippen molar-refractivity contribution in [3.05, 3.63) is 66.4 Å². The highest BCUT2D eigenvalue weighted by atomic mass is 32.2. The molecule has 0 saturated heterocycles. The van der Waals surface area contributed by atoms with Gasteiger partial charge in [0.2, 0.25) is 0 Å². The molecule has 3 nitrogen and oxygen atoms in total. The number of para-hydroxylation sites is 1. The molecule has 0 aliphatic heterocycles. The average molecular weight is 309 g/mol. The first-order valence-corrected chi connectivity index (χ1v) is 7.95. The maximum absolute atomic E-state index is 12.0. The molecule has 0 aliphatic rings. The van der Waals surface area contributed by atoms with Crippen molar-refractivity contribution in [2.24, 2.45) is 0 Å². The number of nitrogens with zero attached hydrogens (tertiary/aromatic N) is 1. The van der Waals surface area contributed by atoms with E-state index < -0.39 is 0 Å². The maximum atomic E-state index is 12.0. The molecule has 3 aromatic rings. The minimum Gasteiger partial charge on any atom is -0.424 e. The Balaban J connectivity index is 1.67. The quantitative estimate of drug-likeness (QED) is 0.410. The molecule has 0 spiro atoms. The van der Waals surface area contributed by atoms with E-state index in [2.05, 4.69) is 4.98 Å². The molecule has 1 heterocycles. The maximum Gasteiger partial charge on any atom is 0.321 e. The van der Waals surface area contributed by atoms with Crippen molar-refractivity contribution in [2.45, 2.75) is 11.8 Å². The van der Waals surface area contributed by atoms with E-state index in [0.717, 1.165) is 10.3 Å². The molecule has 0 unspecified atom stereocenters. The number of aromatic nitrogens is 1. The van der Waals surface area contributed by atoms with Gasteiger partial charge < -0.3 is 4.74 Å². The van der Waals surface area contributed by atoms with Gasteiger partial charge in [-0.05, 0) is 31.2 Å². The first kappa shape index (κ1) is 14.6. The smallest absolute Gasteiger partial charge is 0.321 e. The van der Waals surface area contributed by atoms with Gasteiger partial charge in [-0.1, -0.05) is 35.9 Å². The molecule has 0 amide bonds. The number of rotatable bonds is 4. The summed E-state index contributed by atoms with van der Waals surface area (Å²) in [6, 6.07) is 17.5. The molecule has 4 heteroatoms. The van der Waals surface area contributed by atoms with Crippen molar-refractivity contribution in [2.75, 3.05) is 5.75 Å². The van der Waals surface area contributed by atoms with Crippen molar-refractivity contribution in [3.8, 4) is 5.75 Å². The number of pyridine rings is 1. The van der Waals surface area contributed by atoms with Gasteiger partial charge in [-0.25, -0.2) is 0 Å². The van der Waals surface area contributed by atoms with Crippen LogP contribution < -0.4 is 4.74 Å². The molecule has 0 radical (unpaired) electrons. The number of aryl methyl sites for hydroxylation is 1. The molecule has 110 valence electrons. The zero-order valence-corrected chi connectivity index (χ0v) is 13.0. The lowest BCUT2D eigenvalue weighted by molar-refractivity contribution is -0.131. The summed E-state index contributed by atoms with van der Waals surface area (Å²) in [4.78, 5) is 17.4. The summed E-state index contributed by atoms with van der Waals surface area (Å²) in [5, 5.41) is 0.957. The van der Waals surface area contributed by atoms with E-state index in [0.29, 0.717) is 11.3 Å². The van der Waals surface area contributed by atoms with Gasteiger partial charge in [0.25, 0.3) is 0 Å². The highest BCUT2D eigenvalue weighted by molar-refractivity contribution is 8.00. The number of carbonyl (C=O) groups is 1. The van der Waals surface area contributed by atoms with Crippen LogP contribution in [0.1, 0.15) is 5.56 Å². The van der Waals surface area contributed by atoms with Gasteiger partial charge in [-0.2, -0.15) is 0 Å². The number of hydrogen-bond acceptors (Lipinski definition) is 4. The van der Waals surface area contributed by atoms with Gasteiger partial charge in [0.15, 0.2) is 5.75 Å². The van der Waals surface area contributed by atoms with E-state index in [1.54, 1.807) is 12.3 Å². The molecule has 3 rings (SSSR count). The van der Waals surface area contributed by atoms with Gasteiger partial charge in [-0.3, -0.25) is 9.78 Å². The molecule has 1 aromatic heterocycles. The van der Waals surface area contributed by atoms with E-state index in [9.17, 15) is 4.79 Å². The zero-order valence-electron chi connectivity index (χ0n) is 12.2. The second-order valence-electron chi connectivity index (χ2n) is 4.91. The molecule has 0 bridgehead atoms. The normalized spacial score (nSPS) is 10.6. The number of carbonyl (C=O) groups excluding carboxylic acids is 1. The van der Waals surface area contributed by atoms with Crippen LogP contribution in [0.25, 0.3) is 10.9 Å². The molecule has 0 fully saturated rings. The van der Waals surface area contributed by atoms with Crippen LogP contribution in [0.15, 0.2) is 65.7 Å². The number of benzene rings is 2. The molecular formula is C18H15NO2S. The van der Waals surface area contributed by atoms with Crippen molar-refractivity contribution in [1.82, 2.24) is 4.98 Å². The molecule has 0 N–H and O–H groups in total. The monoisotopic (exact) mass is 309 g/mol. The third-order valence-corrected chi connectivity index (χ3v) is 4.18. The highest BCUT2D eigenvalue weighted by Gasteiger charge is 2.09. The first-order chi connectivity index (χ1) is 10.7. The Hall–Kier alpha value is -2.33. The van der Waals surface area contributed by atoms with Crippen LogP contribution in [-0.4, -0.2) is 16.7 Å². The number of ether oxygens (including phenoxy) is 1. The van der Waals surface area contributed by atoms with Gasteiger partial charge in [0, 0.05) is 16.5 Å². The van der Waals surface area contributed by atoms with E-state index >= 15 is 0 Å². The summed E-state index contributed by atoms with van der Waals surface area (Å²) >= 11 is 1.47. The average Bonchev–Trinajstić information content (AvgIpc) is 2.55. The van der Waals surface area contributed by atoms with Crippen LogP contribution in [0.3, 0.4) is 0 Å². The summed E-state index contributed by atoms with van der Waals surface area (Å²) in [6.07, 6.45) is 1.70. The molecular weight excluding hydrogens is 294 g/mol. The Morgan fingerprint density at radius 1 is 1.09 bits per heavy atom.